The fourth-order valence-corrected chi connectivity index (χ4v) is 14.2. The molecule has 0 saturated heterocycles. The first kappa shape index (κ1) is 42.5. The zero-order valence-corrected chi connectivity index (χ0v) is 38.8. The van der Waals surface area contributed by atoms with Crippen molar-refractivity contribution in [2.45, 2.75) is 183 Å². The Kier molecular flexibility index (Phi) is 10.8. The minimum atomic E-state index is -3.29. The van der Waals surface area contributed by atoms with Crippen LogP contribution in [0.25, 0.3) is 10.6 Å². The molecule has 0 amide bonds. The van der Waals surface area contributed by atoms with Gasteiger partial charge in [-0.1, -0.05) is 208 Å². The maximum Gasteiger partial charge on any atom is 0.154 e. The van der Waals surface area contributed by atoms with Gasteiger partial charge in [0.05, 0.1) is 5.03 Å². The molecule has 0 saturated carbocycles. The Hall–Kier alpha value is -2.20. The third kappa shape index (κ3) is 7.94. The van der Waals surface area contributed by atoms with Crippen LogP contribution in [0.1, 0.15) is 195 Å². The molecule has 0 fully saturated rings. The van der Waals surface area contributed by atoms with Crippen molar-refractivity contribution in [3.63, 3.8) is 0 Å². The molecule has 0 bridgehead atoms. The molecule has 52 heavy (non-hydrogen) atoms. The monoisotopic (exact) mass is 739 g/mol. The van der Waals surface area contributed by atoms with Crippen LogP contribution in [0.15, 0.2) is 54.6 Å². The van der Waals surface area contributed by atoms with E-state index < -0.39 is 12.3 Å². The lowest BCUT2D eigenvalue weighted by atomic mass is 9.72. The van der Waals surface area contributed by atoms with Gasteiger partial charge in [-0.15, -0.1) is 0 Å². The number of rotatable bonds is 3. The lowest BCUT2D eigenvalue weighted by Crippen LogP contribution is -2.28. The van der Waals surface area contributed by atoms with Crippen LogP contribution in [-0.2, 0) is 37.1 Å². The first-order chi connectivity index (χ1) is 23.1. The Morgan fingerprint density at radius 3 is 1.06 bits per heavy atom. The van der Waals surface area contributed by atoms with Crippen LogP contribution >= 0.6 is 15.3 Å². The van der Waals surface area contributed by atoms with E-state index in [4.69, 9.17) is 0 Å². The number of hydrogen-bond acceptors (Lipinski definition) is 1. The minimum absolute atomic E-state index is 0.0153. The summed E-state index contributed by atoms with van der Waals surface area (Å²) in [5.41, 5.74) is 11.0. The Morgan fingerprint density at radius 2 is 0.769 bits per heavy atom. The van der Waals surface area contributed by atoms with Gasteiger partial charge in [0.15, 0.2) is 7.14 Å². The van der Waals surface area contributed by atoms with Crippen LogP contribution in [0.3, 0.4) is 0 Å². The van der Waals surface area contributed by atoms with Crippen LogP contribution in [0.5, 0.6) is 0 Å². The van der Waals surface area contributed by atoms with Crippen molar-refractivity contribution in [2.75, 3.05) is 0 Å². The van der Waals surface area contributed by atoms with E-state index in [1.54, 1.807) is 0 Å². The summed E-state index contributed by atoms with van der Waals surface area (Å²) in [5.74, 6) is 0. The molecule has 0 spiro atoms. The Morgan fingerprint density at radius 1 is 0.442 bits per heavy atom. The summed E-state index contributed by atoms with van der Waals surface area (Å²) < 4.78 is 17.2. The highest BCUT2D eigenvalue weighted by Crippen LogP contribution is 2.78. The smallest absolute Gasteiger partial charge is 0.154 e. The molecule has 4 rings (SSSR count). The summed E-state index contributed by atoms with van der Waals surface area (Å²) in [6, 6.07) is 20.6. The molecular weight excluding hydrogens is 666 g/mol. The number of benzene rings is 3. The van der Waals surface area contributed by atoms with Gasteiger partial charge in [-0.25, -0.2) is 0 Å². The minimum Gasteiger partial charge on any atom is -0.313 e. The average molecular weight is 739 g/mol. The molecule has 0 aromatic heterocycles. The molecule has 1 heterocycles. The Balaban J connectivity index is 2.44. The van der Waals surface area contributed by atoms with E-state index in [9.17, 15) is 0 Å². The summed E-state index contributed by atoms with van der Waals surface area (Å²) in [7, 11) is -2.24. The van der Waals surface area contributed by atoms with E-state index in [2.05, 4.69) is 200 Å². The van der Waals surface area contributed by atoms with Crippen molar-refractivity contribution in [3.8, 4) is 0 Å². The van der Waals surface area contributed by atoms with Crippen molar-refractivity contribution in [1.82, 2.24) is 0 Å². The largest absolute Gasteiger partial charge is 0.313 e. The molecule has 0 aliphatic carbocycles. The van der Waals surface area contributed by atoms with Gasteiger partial charge in [-0.05, 0) is 82.6 Å². The summed E-state index contributed by atoms with van der Waals surface area (Å²) in [4.78, 5) is 0. The summed E-state index contributed by atoms with van der Waals surface area (Å²) in [6.45, 7) is 48.8. The van der Waals surface area contributed by atoms with Crippen molar-refractivity contribution in [1.29, 1.82) is 0 Å². The van der Waals surface area contributed by atoms with Crippen molar-refractivity contribution in [2.24, 2.45) is 0 Å². The highest BCUT2D eigenvalue weighted by atomic mass is 31.2. The van der Waals surface area contributed by atoms with Gasteiger partial charge >= 0.3 is 0 Å². The van der Waals surface area contributed by atoms with E-state index in [1.165, 1.54) is 49.8 Å². The van der Waals surface area contributed by atoms with Gasteiger partial charge in [0, 0.05) is 15.8 Å². The van der Waals surface area contributed by atoms with Crippen LogP contribution in [0.4, 0.5) is 0 Å². The second-order valence-electron chi connectivity index (χ2n) is 22.7. The van der Waals surface area contributed by atoms with E-state index in [1.807, 2.05) is 0 Å². The van der Waals surface area contributed by atoms with Crippen molar-refractivity contribution in [3.05, 3.63) is 105 Å². The van der Waals surface area contributed by atoms with E-state index in [-0.39, 0.29) is 32.5 Å². The maximum absolute atomic E-state index is 17.2. The molecule has 1 aliphatic rings. The van der Waals surface area contributed by atoms with Crippen LogP contribution in [0, 0.1) is 0 Å². The molecule has 0 N–H and O–H groups in total. The Bertz CT molecular complexity index is 1880. The van der Waals surface area contributed by atoms with Gasteiger partial charge in [-0.2, -0.15) is 0 Å². The Labute approximate surface area is 322 Å². The lowest BCUT2D eigenvalue weighted by Gasteiger charge is -2.38. The van der Waals surface area contributed by atoms with E-state index >= 15 is 4.57 Å². The molecule has 1 aliphatic heterocycles. The summed E-state index contributed by atoms with van der Waals surface area (Å²) >= 11 is 0. The predicted octanol–water partition coefficient (Wildman–Crippen LogP) is 15.6. The van der Waals surface area contributed by atoms with Gasteiger partial charge in [0.25, 0.3) is 0 Å². The highest BCUT2D eigenvalue weighted by molar-refractivity contribution is 8.02. The molecule has 0 radical (unpaired) electrons. The molecule has 3 heteroatoms. The van der Waals surface area contributed by atoms with Crippen molar-refractivity contribution < 1.29 is 4.57 Å². The normalized spacial score (nSPS) is 18.6. The van der Waals surface area contributed by atoms with Crippen LogP contribution in [0.2, 0.25) is 0 Å². The maximum atomic E-state index is 17.2. The van der Waals surface area contributed by atoms with Crippen molar-refractivity contribution >= 4 is 31.0 Å². The first-order valence-corrected chi connectivity index (χ1v) is 22.1. The third-order valence-corrected chi connectivity index (χ3v) is 17.0. The predicted molar refractivity (Wildman–Crippen MR) is 237 cm³/mol. The fraction of sp³-hybridized carbons (Fsp3) is 0.571. The first-order valence-electron chi connectivity index (χ1n) is 19.5. The van der Waals surface area contributed by atoms with Gasteiger partial charge < -0.3 is 4.57 Å². The topological polar surface area (TPSA) is 17.1 Å². The zero-order valence-electron chi connectivity index (χ0n) is 37.0. The zero-order chi connectivity index (χ0) is 40.0. The highest BCUT2D eigenvalue weighted by Gasteiger charge is 2.52. The van der Waals surface area contributed by atoms with E-state index in [0.717, 1.165) is 24.1 Å². The van der Waals surface area contributed by atoms with Crippen LogP contribution in [-0.4, -0.2) is 10.2 Å². The van der Waals surface area contributed by atoms with Gasteiger partial charge in [0.1, 0.15) is 0 Å². The van der Waals surface area contributed by atoms with Gasteiger partial charge in [-0.3, -0.25) is 0 Å². The molecule has 1 nitrogen and oxygen atoms in total. The molecule has 1 atom stereocenters. The standard InChI is InChI=1S/C49H72OP2/c1-43(2,3)32-27-34(45(7,8)9)38(35(28-32)46(10,11)12)40-41(31-25-23-22-24-26-31)52(50,49(19,20)21)42(51-40)39-36(47(13,14)15)29-33(44(4,5)6)30-37(39)48(16,17)18/h22-30H,1-21H3. The SMILES string of the molecule is CC(C)(C)c1cc(C(C)(C)C)c(C2=PC(c3c(C(C)(C)C)cc(C(C)(C)C)cc3C(C)(C)C)=C(c3ccccc3)P2(=O)C(C)(C)C)c(C(C)(C)C)c1. The van der Waals surface area contributed by atoms with Gasteiger partial charge in [0.2, 0.25) is 0 Å². The summed E-state index contributed by atoms with van der Waals surface area (Å²) in [6.07, 6.45) is 0. The second kappa shape index (κ2) is 13.2. The fourth-order valence-electron chi connectivity index (χ4n) is 7.45. The average Bonchev–Trinajstić information content (AvgIpc) is 3.27. The molecule has 3 aromatic rings. The lowest BCUT2D eigenvalue weighted by molar-refractivity contribution is 0.545. The quantitative estimate of drug-likeness (QED) is 0.245. The summed E-state index contributed by atoms with van der Waals surface area (Å²) in [5, 5.41) is 2.87. The van der Waals surface area contributed by atoms with E-state index in [0.29, 0.717) is 0 Å². The second-order valence-corrected chi connectivity index (χ2v) is 27.6. The number of hydrogen-bond donors (Lipinski definition) is 0. The molecule has 284 valence electrons. The molecule has 1 unspecified atom stereocenters. The van der Waals surface area contributed by atoms with Crippen LogP contribution < -0.4 is 0 Å². The molecule has 3 aromatic carbocycles. The third-order valence-electron chi connectivity index (χ3n) is 10.7. The molecular formula is C49H72OP2.